The van der Waals surface area contributed by atoms with E-state index in [0.29, 0.717) is 17.2 Å². The fraction of sp³-hybridized carbons (Fsp3) is 0.429. The van der Waals surface area contributed by atoms with E-state index in [1.54, 1.807) is 15.8 Å². The van der Waals surface area contributed by atoms with Gasteiger partial charge in [0.25, 0.3) is 11.5 Å². The van der Waals surface area contributed by atoms with E-state index >= 15 is 0 Å². The van der Waals surface area contributed by atoms with Crippen LogP contribution in [-0.2, 0) is 0 Å². The Morgan fingerprint density at radius 3 is 2.75 bits per heavy atom. The van der Waals surface area contributed by atoms with E-state index in [9.17, 15) is 9.59 Å². The summed E-state index contributed by atoms with van der Waals surface area (Å²) in [6.07, 6.45) is 5.80. The number of rotatable bonds is 5. The quantitative estimate of drug-likeness (QED) is 0.598. The van der Waals surface area contributed by atoms with Crippen LogP contribution in [0, 0.1) is 0 Å². The van der Waals surface area contributed by atoms with Gasteiger partial charge in [-0.05, 0) is 45.5 Å². The number of nitrogens with zero attached hydrogens (tertiary/aromatic N) is 6. The van der Waals surface area contributed by atoms with E-state index in [1.165, 1.54) is 17.1 Å². The van der Waals surface area contributed by atoms with Crippen molar-refractivity contribution in [1.29, 1.82) is 0 Å². The van der Waals surface area contributed by atoms with Crippen LogP contribution in [0.4, 0.5) is 5.82 Å². The number of fused-ring (bicyclic) bond motifs is 2. The zero-order chi connectivity index (χ0) is 22.6. The van der Waals surface area contributed by atoms with Crippen molar-refractivity contribution in [1.82, 2.24) is 29.4 Å². The Morgan fingerprint density at radius 2 is 2.06 bits per heavy atom. The Hall–Kier alpha value is -3.11. The van der Waals surface area contributed by atoms with Crippen LogP contribution in [0.25, 0.3) is 16.7 Å². The van der Waals surface area contributed by atoms with Crippen molar-refractivity contribution in [2.24, 2.45) is 0 Å². The van der Waals surface area contributed by atoms with Crippen molar-refractivity contribution < 1.29 is 4.79 Å². The summed E-state index contributed by atoms with van der Waals surface area (Å²) in [4.78, 5) is 37.3. The summed E-state index contributed by atoms with van der Waals surface area (Å²) in [6.45, 7) is 1.57. The van der Waals surface area contributed by atoms with Crippen LogP contribution in [0.2, 0.25) is 5.02 Å². The van der Waals surface area contributed by atoms with Gasteiger partial charge in [0.1, 0.15) is 34.8 Å². The van der Waals surface area contributed by atoms with Crippen molar-refractivity contribution >= 4 is 34.4 Å². The number of pyridine rings is 1. The summed E-state index contributed by atoms with van der Waals surface area (Å²) < 4.78 is 3.10. The van der Waals surface area contributed by atoms with E-state index < -0.39 is 5.66 Å². The number of aromatic nitrogens is 4. The molecule has 0 bridgehead atoms. The van der Waals surface area contributed by atoms with Crippen molar-refractivity contribution in [3.63, 3.8) is 0 Å². The molecule has 0 radical (unpaired) electrons. The molecule has 2 aliphatic rings. The molecule has 32 heavy (non-hydrogen) atoms. The number of hydrogen-bond donors (Lipinski definition) is 2. The number of halogens is 1. The van der Waals surface area contributed by atoms with Crippen LogP contribution in [0.1, 0.15) is 29.8 Å². The van der Waals surface area contributed by atoms with Crippen LogP contribution in [-0.4, -0.2) is 69.9 Å². The molecule has 1 spiro atoms. The Labute approximate surface area is 189 Å². The average molecular weight is 457 g/mol. The summed E-state index contributed by atoms with van der Waals surface area (Å²) in [5.41, 5.74) is 0.189. The lowest BCUT2D eigenvalue weighted by Crippen LogP contribution is -2.72. The Kier molecular flexibility index (Phi) is 4.86. The van der Waals surface area contributed by atoms with Gasteiger partial charge in [-0.1, -0.05) is 11.6 Å². The number of hydrogen-bond acceptors (Lipinski definition) is 7. The molecular formula is C21H25ClN8O2. The zero-order valence-corrected chi connectivity index (χ0v) is 19.0. The SMILES string of the molecule is CN(C)CCNc1ncnc2c1ccn2-c1cc(Cl)c2n(c1=O)N(C)C1(CCC1)NC2=O. The van der Waals surface area contributed by atoms with Gasteiger partial charge < -0.3 is 15.5 Å². The Bertz CT molecular complexity index is 1280. The summed E-state index contributed by atoms with van der Waals surface area (Å²) in [6, 6.07) is 3.40. The maximum absolute atomic E-state index is 13.6. The lowest BCUT2D eigenvalue weighted by molar-refractivity contribution is 0.0699. The molecule has 0 saturated heterocycles. The molecule has 2 N–H and O–H groups in total. The van der Waals surface area contributed by atoms with Gasteiger partial charge in [-0.25, -0.2) is 14.6 Å². The van der Waals surface area contributed by atoms with Crippen molar-refractivity contribution in [3.8, 4) is 5.69 Å². The minimum Gasteiger partial charge on any atom is -0.368 e. The van der Waals surface area contributed by atoms with Gasteiger partial charge in [0.2, 0.25) is 0 Å². The molecule has 1 aliphatic heterocycles. The average Bonchev–Trinajstić information content (AvgIpc) is 3.15. The van der Waals surface area contributed by atoms with Gasteiger partial charge in [-0.2, -0.15) is 0 Å². The van der Waals surface area contributed by atoms with Crippen molar-refractivity contribution in [2.75, 3.05) is 44.6 Å². The normalized spacial score (nSPS) is 16.9. The molecule has 5 rings (SSSR count). The van der Waals surface area contributed by atoms with Gasteiger partial charge in [-0.3, -0.25) is 19.2 Å². The lowest BCUT2D eigenvalue weighted by atomic mass is 9.83. The number of nitrogens with one attached hydrogen (secondary N) is 2. The first-order valence-corrected chi connectivity index (χ1v) is 10.9. The first-order valence-electron chi connectivity index (χ1n) is 10.6. The number of likely N-dealkylation sites (N-methyl/N-ethyl adjacent to an activating group) is 1. The van der Waals surface area contributed by atoms with Gasteiger partial charge in [-0.15, -0.1) is 0 Å². The first-order chi connectivity index (χ1) is 15.3. The second-order valence-electron chi connectivity index (χ2n) is 8.58. The predicted octanol–water partition coefficient (Wildman–Crippen LogP) is 1.40. The summed E-state index contributed by atoms with van der Waals surface area (Å²) in [5, 5.41) is 9.16. The first kappa shape index (κ1) is 20.8. The number of carbonyl (C=O) groups excluding carboxylic acids is 1. The van der Waals surface area contributed by atoms with Crippen LogP contribution in [0.15, 0.2) is 29.5 Å². The van der Waals surface area contributed by atoms with E-state index in [1.807, 2.05) is 27.2 Å². The maximum Gasteiger partial charge on any atom is 0.294 e. The third-order valence-electron chi connectivity index (χ3n) is 6.37. The largest absolute Gasteiger partial charge is 0.368 e. The van der Waals surface area contributed by atoms with Crippen LogP contribution >= 0.6 is 11.6 Å². The minimum absolute atomic E-state index is 0.151. The van der Waals surface area contributed by atoms with Crippen molar-refractivity contribution in [3.05, 3.63) is 45.7 Å². The molecule has 1 aliphatic carbocycles. The summed E-state index contributed by atoms with van der Waals surface area (Å²) in [7, 11) is 5.82. The van der Waals surface area contributed by atoms with Gasteiger partial charge in [0.15, 0.2) is 0 Å². The van der Waals surface area contributed by atoms with Crippen LogP contribution in [0.5, 0.6) is 0 Å². The maximum atomic E-state index is 13.6. The molecule has 0 aromatic carbocycles. The monoisotopic (exact) mass is 456 g/mol. The van der Waals surface area contributed by atoms with Crippen molar-refractivity contribution in [2.45, 2.75) is 24.9 Å². The highest BCUT2D eigenvalue weighted by Gasteiger charge is 2.48. The van der Waals surface area contributed by atoms with Crippen LogP contribution < -0.4 is 21.2 Å². The molecule has 168 valence electrons. The molecule has 11 heteroatoms. The molecule has 10 nitrogen and oxygen atoms in total. The van der Waals surface area contributed by atoms with E-state index in [0.717, 1.165) is 37.7 Å². The lowest BCUT2D eigenvalue weighted by Gasteiger charge is -2.53. The molecule has 1 saturated carbocycles. The highest BCUT2D eigenvalue weighted by Crippen LogP contribution is 2.37. The molecule has 1 fully saturated rings. The van der Waals surface area contributed by atoms with E-state index in [4.69, 9.17) is 11.6 Å². The van der Waals surface area contributed by atoms with E-state index in [-0.39, 0.29) is 22.2 Å². The topological polar surface area (TPSA) is 100 Å². The predicted molar refractivity (Wildman–Crippen MR) is 123 cm³/mol. The van der Waals surface area contributed by atoms with E-state index in [2.05, 4.69) is 25.5 Å². The molecule has 3 aromatic rings. The summed E-state index contributed by atoms with van der Waals surface area (Å²) in [5.74, 6) is 0.369. The summed E-state index contributed by atoms with van der Waals surface area (Å²) >= 11 is 6.52. The Morgan fingerprint density at radius 1 is 1.28 bits per heavy atom. The van der Waals surface area contributed by atoms with Gasteiger partial charge in [0.05, 0.1) is 10.4 Å². The Balaban J connectivity index is 1.62. The highest BCUT2D eigenvalue weighted by molar-refractivity contribution is 6.33. The second kappa shape index (κ2) is 7.49. The number of carbonyl (C=O) groups is 1. The zero-order valence-electron chi connectivity index (χ0n) is 18.2. The number of amides is 1. The van der Waals surface area contributed by atoms with Crippen LogP contribution in [0.3, 0.4) is 0 Å². The van der Waals surface area contributed by atoms with Gasteiger partial charge in [0, 0.05) is 26.3 Å². The number of anilines is 1. The smallest absolute Gasteiger partial charge is 0.294 e. The molecule has 1 amide bonds. The molecule has 4 heterocycles. The molecule has 0 atom stereocenters. The fourth-order valence-electron chi connectivity index (χ4n) is 4.41. The standard InChI is InChI=1S/C21H25ClN8O2/c1-27(2)10-8-23-17-13-5-9-29(18(13)25-12-24-17)15-11-14(22)16-19(31)26-21(6-4-7-21)28(3)30(16)20(15)32/h5,9,11-12H,4,6-8,10H2,1-3H3,(H,26,31)(H,23,24,25). The minimum atomic E-state index is -0.541. The molecule has 0 unspecified atom stereocenters. The van der Waals surface area contributed by atoms with Gasteiger partial charge >= 0.3 is 0 Å². The highest BCUT2D eigenvalue weighted by atomic mass is 35.5. The third-order valence-corrected chi connectivity index (χ3v) is 6.65. The molecule has 3 aromatic heterocycles. The second-order valence-corrected chi connectivity index (χ2v) is 8.99. The molecular weight excluding hydrogens is 432 g/mol. The third kappa shape index (κ3) is 3.05. The fourth-order valence-corrected chi connectivity index (χ4v) is 4.68.